The normalized spacial score (nSPS) is 18.7. The van der Waals surface area contributed by atoms with Crippen LogP contribution in [0.5, 0.6) is 0 Å². The summed E-state index contributed by atoms with van der Waals surface area (Å²) < 4.78 is 37.5. The minimum atomic E-state index is -3.94. The summed E-state index contributed by atoms with van der Waals surface area (Å²) >= 11 is 5.96. The molecule has 2 atom stereocenters. The lowest BCUT2D eigenvalue weighted by molar-refractivity contribution is -0.125. The van der Waals surface area contributed by atoms with Gasteiger partial charge in [0.15, 0.2) is 6.10 Å². The van der Waals surface area contributed by atoms with Crippen molar-refractivity contribution in [3.8, 4) is 0 Å². The summed E-state index contributed by atoms with van der Waals surface area (Å²) in [6.45, 7) is 2.04. The fourth-order valence-electron chi connectivity index (χ4n) is 2.21. The Labute approximate surface area is 150 Å². The Morgan fingerprint density at radius 2 is 2.20 bits per heavy atom. The quantitative estimate of drug-likeness (QED) is 0.664. The SMILES string of the molecule is C[C@@H](OC(=O)c1ccc(Cl)c(S(=O)(=O)NC[C@H]2CCCO2)c1)C(N)=O. The van der Waals surface area contributed by atoms with E-state index in [9.17, 15) is 18.0 Å². The molecule has 3 N–H and O–H groups in total. The Hall–Kier alpha value is -1.68. The maximum Gasteiger partial charge on any atom is 0.338 e. The number of hydrogen-bond donors (Lipinski definition) is 2. The number of halogens is 1. The first-order chi connectivity index (χ1) is 11.7. The molecule has 2 rings (SSSR count). The van der Waals surface area contributed by atoms with Crippen LogP contribution in [-0.2, 0) is 24.3 Å². The van der Waals surface area contributed by atoms with E-state index in [1.165, 1.54) is 19.1 Å². The predicted octanol–water partition coefficient (Wildman–Crippen LogP) is 0.828. The van der Waals surface area contributed by atoms with E-state index in [-0.39, 0.29) is 28.1 Å². The topological polar surface area (TPSA) is 125 Å². The zero-order valence-electron chi connectivity index (χ0n) is 13.5. The zero-order chi connectivity index (χ0) is 18.6. The van der Waals surface area contributed by atoms with Gasteiger partial charge in [-0.3, -0.25) is 4.79 Å². The molecule has 1 saturated heterocycles. The van der Waals surface area contributed by atoms with Gasteiger partial charge >= 0.3 is 5.97 Å². The van der Waals surface area contributed by atoms with Crippen molar-refractivity contribution in [1.29, 1.82) is 0 Å². The number of primary amides is 1. The fourth-order valence-corrected chi connectivity index (χ4v) is 3.80. The number of carbonyl (C=O) groups excluding carboxylic acids is 2. The van der Waals surface area contributed by atoms with Crippen LogP contribution < -0.4 is 10.5 Å². The number of benzene rings is 1. The molecule has 1 aromatic carbocycles. The minimum Gasteiger partial charge on any atom is -0.449 e. The highest BCUT2D eigenvalue weighted by Gasteiger charge is 2.24. The van der Waals surface area contributed by atoms with Crippen molar-refractivity contribution in [2.24, 2.45) is 5.73 Å². The Kier molecular flexibility index (Phi) is 6.39. The molecule has 0 saturated carbocycles. The smallest absolute Gasteiger partial charge is 0.338 e. The van der Waals surface area contributed by atoms with Crippen LogP contribution in [0.3, 0.4) is 0 Å². The fraction of sp³-hybridized carbons (Fsp3) is 0.467. The highest BCUT2D eigenvalue weighted by atomic mass is 35.5. The molecule has 1 heterocycles. The van der Waals surface area contributed by atoms with Gasteiger partial charge in [0.25, 0.3) is 5.91 Å². The predicted molar refractivity (Wildman–Crippen MR) is 89.7 cm³/mol. The van der Waals surface area contributed by atoms with Crippen LogP contribution in [0.2, 0.25) is 5.02 Å². The number of sulfonamides is 1. The molecule has 1 fully saturated rings. The number of ether oxygens (including phenoxy) is 2. The monoisotopic (exact) mass is 390 g/mol. The Balaban J connectivity index is 2.16. The lowest BCUT2D eigenvalue weighted by Gasteiger charge is -2.14. The molecule has 10 heteroatoms. The molecular formula is C15H19ClN2O6S. The van der Waals surface area contributed by atoms with Crippen LogP contribution in [0, 0.1) is 0 Å². The van der Waals surface area contributed by atoms with E-state index in [2.05, 4.69) is 4.72 Å². The first-order valence-corrected chi connectivity index (χ1v) is 9.48. The molecule has 1 aliphatic rings. The highest BCUT2D eigenvalue weighted by molar-refractivity contribution is 7.89. The third-order valence-corrected chi connectivity index (χ3v) is 5.57. The van der Waals surface area contributed by atoms with E-state index in [4.69, 9.17) is 26.8 Å². The minimum absolute atomic E-state index is 0.0423. The van der Waals surface area contributed by atoms with Gasteiger partial charge in [0.1, 0.15) is 4.90 Å². The number of hydrogen-bond acceptors (Lipinski definition) is 6. The maximum absolute atomic E-state index is 12.4. The molecule has 1 amide bonds. The van der Waals surface area contributed by atoms with Gasteiger partial charge in [0.05, 0.1) is 16.7 Å². The van der Waals surface area contributed by atoms with Gasteiger partial charge in [-0.1, -0.05) is 11.6 Å². The molecule has 0 spiro atoms. The lowest BCUT2D eigenvalue weighted by Crippen LogP contribution is -2.32. The van der Waals surface area contributed by atoms with Gasteiger partial charge in [-0.2, -0.15) is 0 Å². The van der Waals surface area contributed by atoms with Crippen LogP contribution in [-0.4, -0.2) is 45.7 Å². The average Bonchev–Trinajstić information content (AvgIpc) is 3.06. The number of carbonyl (C=O) groups is 2. The number of rotatable bonds is 7. The third kappa shape index (κ3) is 5.15. The van der Waals surface area contributed by atoms with E-state index in [1.54, 1.807) is 0 Å². The average molecular weight is 391 g/mol. The van der Waals surface area contributed by atoms with Gasteiger partial charge in [-0.05, 0) is 38.0 Å². The molecule has 1 aliphatic heterocycles. The Bertz CT molecular complexity index is 761. The molecule has 0 radical (unpaired) electrons. The van der Waals surface area contributed by atoms with Crippen molar-refractivity contribution in [1.82, 2.24) is 4.72 Å². The van der Waals surface area contributed by atoms with Crippen molar-refractivity contribution < 1.29 is 27.5 Å². The van der Waals surface area contributed by atoms with Crippen LogP contribution in [0.4, 0.5) is 0 Å². The molecule has 0 bridgehead atoms. The number of nitrogens with one attached hydrogen (secondary N) is 1. The molecule has 138 valence electrons. The number of nitrogens with two attached hydrogens (primary N) is 1. The van der Waals surface area contributed by atoms with Gasteiger partial charge in [-0.15, -0.1) is 0 Å². The highest BCUT2D eigenvalue weighted by Crippen LogP contribution is 2.23. The summed E-state index contributed by atoms with van der Waals surface area (Å²) in [7, 11) is -3.94. The van der Waals surface area contributed by atoms with Crippen LogP contribution in [0.15, 0.2) is 23.1 Å². The Morgan fingerprint density at radius 3 is 2.80 bits per heavy atom. The summed E-state index contributed by atoms with van der Waals surface area (Å²) in [6, 6.07) is 3.67. The third-order valence-electron chi connectivity index (χ3n) is 3.67. The molecule has 25 heavy (non-hydrogen) atoms. The van der Waals surface area contributed by atoms with E-state index in [1.807, 2.05) is 0 Å². The first kappa shape index (κ1) is 19.6. The van der Waals surface area contributed by atoms with Crippen LogP contribution in [0.25, 0.3) is 0 Å². The number of amides is 1. The van der Waals surface area contributed by atoms with E-state index < -0.39 is 28.0 Å². The second-order valence-electron chi connectivity index (χ2n) is 5.58. The van der Waals surface area contributed by atoms with Crippen molar-refractivity contribution in [3.05, 3.63) is 28.8 Å². The van der Waals surface area contributed by atoms with Crippen molar-refractivity contribution in [2.45, 2.75) is 36.9 Å². The summed E-state index contributed by atoms with van der Waals surface area (Å²) in [6.07, 6.45) is 0.333. The summed E-state index contributed by atoms with van der Waals surface area (Å²) in [4.78, 5) is 22.7. The van der Waals surface area contributed by atoms with Crippen molar-refractivity contribution in [3.63, 3.8) is 0 Å². The summed E-state index contributed by atoms with van der Waals surface area (Å²) in [5, 5.41) is -0.0423. The largest absolute Gasteiger partial charge is 0.449 e. The molecule has 0 aromatic heterocycles. The molecular weight excluding hydrogens is 372 g/mol. The van der Waals surface area contributed by atoms with Crippen molar-refractivity contribution in [2.75, 3.05) is 13.2 Å². The Morgan fingerprint density at radius 1 is 1.48 bits per heavy atom. The molecule has 8 nitrogen and oxygen atoms in total. The zero-order valence-corrected chi connectivity index (χ0v) is 15.1. The second-order valence-corrected chi connectivity index (χ2v) is 7.72. The van der Waals surface area contributed by atoms with E-state index in [0.717, 1.165) is 18.9 Å². The summed E-state index contributed by atoms with van der Waals surface area (Å²) in [5.74, 6) is -1.69. The standard InChI is InChI=1S/C15H19ClN2O6S/c1-9(14(17)19)24-15(20)10-4-5-12(16)13(7-10)25(21,22)18-8-11-3-2-6-23-11/h4-5,7,9,11,18H,2-3,6,8H2,1H3,(H2,17,19)/t9-,11-/m1/s1. The maximum atomic E-state index is 12.4. The van der Waals surface area contributed by atoms with E-state index in [0.29, 0.717) is 6.61 Å². The van der Waals surface area contributed by atoms with Crippen molar-refractivity contribution >= 4 is 33.5 Å². The first-order valence-electron chi connectivity index (χ1n) is 7.62. The van der Waals surface area contributed by atoms with Crippen LogP contribution in [0.1, 0.15) is 30.1 Å². The number of esters is 1. The molecule has 0 unspecified atom stereocenters. The summed E-state index contributed by atoms with van der Waals surface area (Å²) in [5.41, 5.74) is 4.97. The molecule has 1 aromatic rings. The van der Waals surface area contributed by atoms with Gasteiger partial charge in [0, 0.05) is 13.2 Å². The van der Waals surface area contributed by atoms with Gasteiger partial charge in [-0.25, -0.2) is 17.9 Å². The molecule has 0 aliphatic carbocycles. The van der Waals surface area contributed by atoms with Gasteiger partial charge < -0.3 is 15.2 Å². The lowest BCUT2D eigenvalue weighted by atomic mass is 10.2. The second kappa shape index (κ2) is 8.13. The van der Waals surface area contributed by atoms with E-state index >= 15 is 0 Å². The van der Waals surface area contributed by atoms with Crippen LogP contribution >= 0.6 is 11.6 Å². The van der Waals surface area contributed by atoms with Gasteiger partial charge in [0.2, 0.25) is 10.0 Å².